The first-order chi connectivity index (χ1) is 12.3. The highest BCUT2D eigenvalue weighted by Gasteiger charge is 2.20. The van der Waals surface area contributed by atoms with Crippen LogP contribution in [0.1, 0.15) is 54.4 Å². The van der Waals surface area contributed by atoms with Crippen molar-refractivity contribution < 1.29 is 4.79 Å². The number of piperidine rings is 2. The van der Waals surface area contributed by atoms with Crippen molar-refractivity contribution in [3.05, 3.63) is 35.4 Å². The van der Waals surface area contributed by atoms with Gasteiger partial charge in [-0.3, -0.25) is 9.69 Å². The van der Waals surface area contributed by atoms with Gasteiger partial charge in [-0.15, -0.1) is 12.4 Å². The minimum atomic E-state index is 0. The Hall–Kier alpha value is -1.10. The van der Waals surface area contributed by atoms with Crippen LogP contribution in [0.2, 0.25) is 0 Å². The van der Waals surface area contributed by atoms with Crippen LogP contribution in [0.5, 0.6) is 0 Å². The number of carbonyl (C=O) groups excluding carboxylic acids is 1. The number of hydrogen-bond donors (Lipinski definition) is 1. The third kappa shape index (κ3) is 5.97. The van der Waals surface area contributed by atoms with E-state index in [1.807, 2.05) is 24.1 Å². The number of carbonyl (C=O) groups is 1. The van der Waals surface area contributed by atoms with Crippen LogP contribution >= 0.6 is 12.4 Å². The van der Waals surface area contributed by atoms with E-state index >= 15 is 0 Å². The highest BCUT2D eigenvalue weighted by molar-refractivity contribution is 5.94. The van der Waals surface area contributed by atoms with Gasteiger partial charge in [0.05, 0.1) is 0 Å². The molecule has 0 spiro atoms. The van der Waals surface area contributed by atoms with Crippen LogP contribution in [0.15, 0.2) is 24.3 Å². The molecule has 0 aromatic heterocycles. The van der Waals surface area contributed by atoms with Crippen molar-refractivity contribution in [1.82, 2.24) is 15.1 Å². The van der Waals surface area contributed by atoms with Crippen LogP contribution in [0, 0.1) is 5.92 Å². The lowest BCUT2D eigenvalue weighted by Crippen LogP contribution is -2.36. The average Bonchev–Trinajstić information content (AvgIpc) is 2.68. The van der Waals surface area contributed by atoms with Crippen LogP contribution in [-0.4, -0.2) is 55.5 Å². The van der Waals surface area contributed by atoms with Crippen LogP contribution < -0.4 is 5.32 Å². The summed E-state index contributed by atoms with van der Waals surface area (Å²) in [6, 6.07) is 8.31. The van der Waals surface area contributed by atoms with Gasteiger partial charge in [-0.2, -0.15) is 0 Å². The number of nitrogens with one attached hydrogen (secondary N) is 1. The molecule has 1 N–H and O–H groups in total. The summed E-state index contributed by atoms with van der Waals surface area (Å²) in [5.41, 5.74) is 2.14. The van der Waals surface area contributed by atoms with Gasteiger partial charge in [0.25, 0.3) is 5.91 Å². The molecule has 1 aromatic rings. The maximum atomic E-state index is 12.7. The fourth-order valence-electron chi connectivity index (χ4n) is 4.12. The van der Waals surface area contributed by atoms with Crippen molar-refractivity contribution in [3.8, 4) is 0 Å². The summed E-state index contributed by atoms with van der Waals surface area (Å²) in [7, 11) is 2.04. The first-order valence-electron chi connectivity index (χ1n) is 10.0. The summed E-state index contributed by atoms with van der Waals surface area (Å²) in [5, 5.41) is 3.26. The molecule has 5 heteroatoms. The van der Waals surface area contributed by atoms with E-state index in [4.69, 9.17) is 0 Å². The lowest BCUT2D eigenvalue weighted by atomic mass is 9.93. The normalized spacial score (nSPS) is 19.2. The SMILES string of the molecule is CNCCC1CCN(Cc2cccc(C(=O)N3CCCCC3)c2)CC1.Cl. The fourth-order valence-corrected chi connectivity index (χ4v) is 4.12. The topological polar surface area (TPSA) is 35.6 Å². The fraction of sp³-hybridized carbons (Fsp3) is 0.667. The summed E-state index contributed by atoms with van der Waals surface area (Å²) in [6.45, 7) is 6.30. The van der Waals surface area contributed by atoms with Gasteiger partial charge in [0.2, 0.25) is 0 Å². The van der Waals surface area contributed by atoms with Crippen LogP contribution in [0.25, 0.3) is 0 Å². The number of nitrogens with zero attached hydrogens (tertiary/aromatic N) is 2. The van der Waals surface area contributed by atoms with E-state index in [2.05, 4.69) is 22.3 Å². The molecule has 0 bridgehead atoms. The molecule has 26 heavy (non-hydrogen) atoms. The molecule has 0 aliphatic carbocycles. The monoisotopic (exact) mass is 379 g/mol. The zero-order valence-corrected chi connectivity index (χ0v) is 16.9. The Morgan fingerprint density at radius 2 is 1.85 bits per heavy atom. The third-order valence-corrected chi connectivity index (χ3v) is 5.73. The lowest BCUT2D eigenvalue weighted by molar-refractivity contribution is 0.0724. The van der Waals surface area contributed by atoms with E-state index in [-0.39, 0.29) is 18.3 Å². The largest absolute Gasteiger partial charge is 0.339 e. The van der Waals surface area contributed by atoms with E-state index in [0.717, 1.165) is 50.5 Å². The molecule has 0 radical (unpaired) electrons. The molecule has 0 unspecified atom stereocenters. The van der Waals surface area contributed by atoms with E-state index in [1.165, 1.54) is 44.3 Å². The Morgan fingerprint density at radius 3 is 2.54 bits per heavy atom. The highest BCUT2D eigenvalue weighted by atomic mass is 35.5. The van der Waals surface area contributed by atoms with Crippen molar-refractivity contribution in [3.63, 3.8) is 0 Å². The van der Waals surface area contributed by atoms with E-state index in [1.54, 1.807) is 0 Å². The van der Waals surface area contributed by atoms with Crippen molar-refractivity contribution in [2.24, 2.45) is 5.92 Å². The van der Waals surface area contributed by atoms with Gasteiger partial charge in [0.1, 0.15) is 0 Å². The zero-order chi connectivity index (χ0) is 17.5. The molecule has 0 saturated carbocycles. The van der Waals surface area contributed by atoms with Gasteiger partial charge < -0.3 is 10.2 Å². The summed E-state index contributed by atoms with van der Waals surface area (Å²) in [6.07, 6.45) is 7.45. The van der Waals surface area contributed by atoms with Gasteiger partial charge in [-0.25, -0.2) is 0 Å². The Morgan fingerprint density at radius 1 is 1.12 bits per heavy atom. The second-order valence-electron chi connectivity index (χ2n) is 7.66. The van der Waals surface area contributed by atoms with Crippen molar-refractivity contribution in [2.75, 3.05) is 39.8 Å². The summed E-state index contributed by atoms with van der Waals surface area (Å²) >= 11 is 0. The number of hydrogen-bond acceptors (Lipinski definition) is 3. The molecular formula is C21H34ClN3O. The Bertz CT molecular complexity index is 552. The molecule has 2 aliphatic rings. The Kier molecular flexibility index (Phi) is 8.89. The van der Waals surface area contributed by atoms with E-state index in [0.29, 0.717) is 0 Å². The highest BCUT2D eigenvalue weighted by Crippen LogP contribution is 2.22. The van der Waals surface area contributed by atoms with Gasteiger partial charge in [0, 0.05) is 25.2 Å². The van der Waals surface area contributed by atoms with Gasteiger partial charge in [0.15, 0.2) is 0 Å². The van der Waals surface area contributed by atoms with Gasteiger partial charge in [-0.1, -0.05) is 12.1 Å². The molecule has 4 nitrogen and oxygen atoms in total. The van der Waals surface area contributed by atoms with Crippen LogP contribution in [0.4, 0.5) is 0 Å². The first kappa shape index (κ1) is 21.2. The van der Waals surface area contributed by atoms with E-state index < -0.39 is 0 Å². The van der Waals surface area contributed by atoms with Crippen LogP contribution in [0.3, 0.4) is 0 Å². The maximum Gasteiger partial charge on any atom is 0.253 e. The van der Waals surface area contributed by atoms with Crippen LogP contribution in [-0.2, 0) is 6.54 Å². The maximum absolute atomic E-state index is 12.7. The molecule has 2 aliphatic heterocycles. The minimum absolute atomic E-state index is 0. The predicted octanol–water partition coefficient (Wildman–Crippen LogP) is 3.56. The smallest absolute Gasteiger partial charge is 0.253 e. The number of halogens is 1. The van der Waals surface area contributed by atoms with E-state index in [9.17, 15) is 4.79 Å². The predicted molar refractivity (Wildman–Crippen MR) is 110 cm³/mol. The Labute approximate surface area is 164 Å². The minimum Gasteiger partial charge on any atom is -0.339 e. The quantitative estimate of drug-likeness (QED) is 0.820. The van der Waals surface area contributed by atoms with Crippen molar-refractivity contribution in [1.29, 1.82) is 0 Å². The molecule has 3 rings (SSSR count). The molecule has 2 saturated heterocycles. The number of amides is 1. The lowest BCUT2D eigenvalue weighted by Gasteiger charge is -2.32. The summed E-state index contributed by atoms with van der Waals surface area (Å²) in [4.78, 5) is 17.3. The summed E-state index contributed by atoms with van der Waals surface area (Å²) in [5.74, 6) is 1.09. The average molecular weight is 380 g/mol. The third-order valence-electron chi connectivity index (χ3n) is 5.73. The van der Waals surface area contributed by atoms with Gasteiger partial charge >= 0.3 is 0 Å². The molecule has 2 heterocycles. The molecule has 1 amide bonds. The standard InChI is InChI=1S/C21H33N3O.ClH/c1-22-11-8-18-9-14-23(15-10-18)17-19-6-5-7-20(16-19)21(25)24-12-3-2-4-13-24;/h5-7,16,18,22H,2-4,8-15,17H2,1H3;1H. The number of benzene rings is 1. The zero-order valence-electron chi connectivity index (χ0n) is 16.1. The Balaban J connectivity index is 0.00000243. The second kappa shape index (κ2) is 10.9. The molecule has 1 aromatic carbocycles. The molecule has 0 atom stereocenters. The van der Waals surface area contributed by atoms with Crippen molar-refractivity contribution >= 4 is 18.3 Å². The van der Waals surface area contributed by atoms with Crippen molar-refractivity contribution in [2.45, 2.75) is 45.1 Å². The van der Waals surface area contributed by atoms with Gasteiger partial charge in [-0.05, 0) is 88.8 Å². The molecule has 146 valence electrons. The number of rotatable bonds is 6. The molecular weight excluding hydrogens is 346 g/mol. The first-order valence-corrected chi connectivity index (χ1v) is 10.0. The second-order valence-corrected chi connectivity index (χ2v) is 7.66. The summed E-state index contributed by atoms with van der Waals surface area (Å²) < 4.78 is 0. The molecule has 2 fully saturated rings. The number of likely N-dealkylation sites (tertiary alicyclic amines) is 2.